The Kier molecular flexibility index (Phi) is 4.89. The molecule has 156 valence electrons. The molecule has 0 amide bonds. The lowest BCUT2D eigenvalue weighted by Crippen LogP contribution is -2.16. The van der Waals surface area contributed by atoms with Gasteiger partial charge in [-0.05, 0) is 63.5 Å². The predicted octanol–water partition coefficient (Wildman–Crippen LogP) is 5.45. The van der Waals surface area contributed by atoms with Gasteiger partial charge in [0.2, 0.25) is 0 Å². The van der Waals surface area contributed by atoms with Crippen molar-refractivity contribution in [2.75, 3.05) is 0 Å². The third-order valence-corrected chi connectivity index (χ3v) is 5.64. The molecule has 30 heavy (non-hydrogen) atoms. The minimum absolute atomic E-state index is 0.0142. The Morgan fingerprint density at radius 3 is 1.47 bits per heavy atom. The maximum Gasteiger partial charge on any atom is 0.519 e. The van der Waals surface area contributed by atoms with E-state index in [0.717, 1.165) is 25.7 Å². The summed E-state index contributed by atoms with van der Waals surface area (Å²) >= 11 is 0. The van der Waals surface area contributed by atoms with Crippen LogP contribution in [0.1, 0.15) is 59.8 Å². The Morgan fingerprint density at radius 1 is 0.800 bits per heavy atom. The van der Waals surface area contributed by atoms with Crippen LogP contribution in [0.5, 0.6) is 11.5 Å². The van der Waals surface area contributed by atoms with Gasteiger partial charge < -0.3 is 9.47 Å². The molecule has 2 fully saturated rings. The van der Waals surface area contributed by atoms with Crippen molar-refractivity contribution in [3.05, 3.63) is 66.7 Å². The normalized spacial score (nSPS) is 15.5. The summed E-state index contributed by atoms with van der Waals surface area (Å²) in [7, 11) is 0. The molecule has 0 aliphatic heterocycles. The van der Waals surface area contributed by atoms with Gasteiger partial charge in [-0.1, -0.05) is 0 Å². The molecule has 0 aromatic heterocycles. The highest BCUT2D eigenvalue weighted by Gasteiger charge is 2.34. The average Bonchev–Trinajstić information content (AvgIpc) is 3.55. The summed E-state index contributed by atoms with van der Waals surface area (Å²) in [5, 5.41) is 22.5. The van der Waals surface area contributed by atoms with E-state index in [-0.39, 0.29) is 34.7 Å². The Balaban J connectivity index is 1.61. The smallest absolute Gasteiger partial charge is 0.394 e. The van der Waals surface area contributed by atoms with Crippen molar-refractivity contribution in [1.82, 2.24) is 0 Å². The van der Waals surface area contributed by atoms with Crippen LogP contribution in [0.15, 0.2) is 24.3 Å². The van der Waals surface area contributed by atoms with Gasteiger partial charge in [0.25, 0.3) is 11.4 Å². The van der Waals surface area contributed by atoms with Gasteiger partial charge in [0.1, 0.15) is 11.5 Å². The van der Waals surface area contributed by atoms with E-state index < -0.39 is 16.0 Å². The van der Waals surface area contributed by atoms with Crippen molar-refractivity contribution in [3.63, 3.8) is 0 Å². The van der Waals surface area contributed by atoms with Crippen LogP contribution in [0.4, 0.5) is 16.2 Å². The number of rotatable bonds is 6. The molecule has 0 saturated heterocycles. The van der Waals surface area contributed by atoms with Gasteiger partial charge in [0.15, 0.2) is 0 Å². The fraction of sp³-hybridized carbons (Fsp3) is 0.381. The molecule has 0 spiro atoms. The molecular weight excluding hydrogens is 392 g/mol. The van der Waals surface area contributed by atoms with Crippen molar-refractivity contribution in [3.8, 4) is 11.5 Å². The highest BCUT2D eigenvalue weighted by molar-refractivity contribution is 5.71. The molecule has 0 N–H and O–H groups in total. The second-order valence-electron chi connectivity index (χ2n) is 7.76. The van der Waals surface area contributed by atoms with Crippen LogP contribution < -0.4 is 9.47 Å². The van der Waals surface area contributed by atoms with Crippen molar-refractivity contribution in [1.29, 1.82) is 0 Å². The molecule has 0 unspecified atom stereocenters. The molecule has 9 heteroatoms. The number of nitrogens with zero attached hydrogens (tertiary/aromatic N) is 2. The molecule has 2 aromatic rings. The largest absolute Gasteiger partial charge is 0.519 e. The molecular formula is C21H20N2O7. The number of hydrogen-bond acceptors (Lipinski definition) is 7. The minimum atomic E-state index is -0.972. The zero-order valence-corrected chi connectivity index (χ0v) is 16.5. The van der Waals surface area contributed by atoms with Gasteiger partial charge in [-0.15, -0.1) is 0 Å². The predicted molar refractivity (Wildman–Crippen MR) is 106 cm³/mol. The molecule has 2 aromatic carbocycles. The SMILES string of the molecule is Cc1c([N+](=O)[O-])ccc(OC(=O)Oc2ccc([N+](=O)[O-])c(C)c2C2CC2)c1C1CC1. The van der Waals surface area contributed by atoms with E-state index in [0.29, 0.717) is 22.3 Å². The fourth-order valence-electron chi connectivity index (χ4n) is 3.92. The zero-order valence-electron chi connectivity index (χ0n) is 16.5. The molecule has 0 radical (unpaired) electrons. The molecule has 2 aliphatic rings. The Labute approximate surface area is 171 Å². The van der Waals surface area contributed by atoms with Crippen LogP contribution in [0.3, 0.4) is 0 Å². The van der Waals surface area contributed by atoms with Gasteiger partial charge in [-0.25, -0.2) is 4.79 Å². The lowest BCUT2D eigenvalue weighted by Gasteiger charge is -2.14. The summed E-state index contributed by atoms with van der Waals surface area (Å²) in [4.78, 5) is 34.1. The molecule has 0 atom stereocenters. The number of carbonyl (C=O) groups is 1. The second-order valence-corrected chi connectivity index (χ2v) is 7.76. The van der Waals surface area contributed by atoms with Crippen LogP contribution in [0.25, 0.3) is 0 Å². The number of benzene rings is 2. The van der Waals surface area contributed by atoms with Gasteiger partial charge in [0.05, 0.1) is 9.85 Å². The first-order valence-corrected chi connectivity index (χ1v) is 9.73. The molecule has 2 saturated carbocycles. The van der Waals surface area contributed by atoms with Crippen LogP contribution in [-0.4, -0.2) is 16.0 Å². The van der Waals surface area contributed by atoms with E-state index in [2.05, 4.69) is 0 Å². The molecule has 0 bridgehead atoms. The van der Waals surface area contributed by atoms with E-state index in [1.807, 2.05) is 0 Å². The minimum Gasteiger partial charge on any atom is -0.394 e. The first kappa shape index (κ1) is 19.8. The van der Waals surface area contributed by atoms with Crippen LogP contribution in [0.2, 0.25) is 0 Å². The van der Waals surface area contributed by atoms with E-state index in [1.165, 1.54) is 24.3 Å². The summed E-state index contributed by atoms with van der Waals surface area (Å²) in [6.45, 7) is 3.30. The molecule has 4 rings (SSSR count). The highest BCUT2D eigenvalue weighted by atomic mass is 16.7. The summed E-state index contributed by atoms with van der Waals surface area (Å²) in [5.74, 6) is 0.738. The van der Waals surface area contributed by atoms with Gasteiger partial charge >= 0.3 is 6.16 Å². The Morgan fingerprint density at radius 2 is 1.17 bits per heavy atom. The van der Waals surface area contributed by atoms with Gasteiger partial charge in [-0.2, -0.15) is 0 Å². The molecule has 2 aliphatic carbocycles. The fourth-order valence-corrected chi connectivity index (χ4v) is 3.92. The van der Waals surface area contributed by atoms with Crippen LogP contribution in [-0.2, 0) is 0 Å². The lowest BCUT2D eigenvalue weighted by molar-refractivity contribution is -0.385. The summed E-state index contributed by atoms with van der Waals surface area (Å²) < 4.78 is 10.8. The highest BCUT2D eigenvalue weighted by Crippen LogP contribution is 2.49. The second kappa shape index (κ2) is 7.40. The maximum absolute atomic E-state index is 12.5. The van der Waals surface area contributed by atoms with Crippen molar-refractivity contribution < 1.29 is 24.1 Å². The Bertz CT molecular complexity index is 988. The van der Waals surface area contributed by atoms with Gasteiger partial charge in [-0.3, -0.25) is 20.2 Å². The quantitative estimate of drug-likeness (QED) is 0.267. The number of hydrogen-bond donors (Lipinski definition) is 0. The third-order valence-electron chi connectivity index (χ3n) is 5.64. The summed E-state index contributed by atoms with van der Waals surface area (Å²) in [6.07, 6.45) is 2.53. The summed E-state index contributed by atoms with van der Waals surface area (Å²) in [6, 6.07) is 5.47. The third kappa shape index (κ3) is 3.70. The topological polar surface area (TPSA) is 122 Å². The first-order chi connectivity index (χ1) is 14.3. The summed E-state index contributed by atoms with van der Waals surface area (Å²) in [5.41, 5.74) is 2.25. The van der Waals surface area contributed by atoms with E-state index >= 15 is 0 Å². The zero-order chi connectivity index (χ0) is 21.6. The van der Waals surface area contributed by atoms with Crippen LogP contribution in [0, 0.1) is 34.1 Å². The van der Waals surface area contributed by atoms with E-state index in [1.54, 1.807) is 13.8 Å². The maximum atomic E-state index is 12.5. The average molecular weight is 412 g/mol. The molecule has 9 nitrogen and oxygen atoms in total. The number of nitro groups is 2. The standard InChI is InChI=1S/C21H20N2O7/c1-11-15(22(25)26)7-9-17(19(11)13-3-4-13)29-21(24)30-18-10-8-16(23(27)28)12(2)20(18)14-5-6-14/h7-10,13-14H,3-6H2,1-2H3. The Hall–Kier alpha value is -3.49. The number of carbonyl (C=O) groups excluding carboxylic acids is 1. The molecule has 0 heterocycles. The van der Waals surface area contributed by atoms with E-state index in [4.69, 9.17) is 9.47 Å². The number of ether oxygens (including phenoxy) is 2. The van der Waals surface area contributed by atoms with Crippen molar-refractivity contribution in [2.45, 2.75) is 51.4 Å². The van der Waals surface area contributed by atoms with Crippen molar-refractivity contribution >= 4 is 17.5 Å². The lowest BCUT2D eigenvalue weighted by atomic mass is 10.0. The van der Waals surface area contributed by atoms with Crippen LogP contribution >= 0.6 is 0 Å². The van der Waals surface area contributed by atoms with Gasteiger partial charge in [0, 0.05) is 34.4 Å². The van der Waals surface area contributed by atoms with E-state index in [9.17, 15) is 25.0 Å². The first-order valence-electron chi connectivity index (χ1n) is 9.73. The monoisotopic (exact) mass is 412 g/mol. The van der Waals surface area contributed by atoms with Crippen molar-refractivity contribution in [2.24, 2.45) is 0 Å². The number of nitro benzene ring substituents is 2.